The number of nitrogens with one attached hydrogen (secondary N) is 1. The normalized spacial score (nSPS) is 11.6. The second-order valence-electron chi connectivity index (χ2n) is 5.48. The summed E-state index contributed by atoms with van der Waals surface area (Å²) in [7, 11) is 0. The van der Waals surface area contributed by atoms with Crippen molar-refractivity contribution in [2.45, 2.75) is 45.2 Å². The summed E-state index contributed by atoms with van der Waals surface area (Å²) >= 11 is 0. The Morgan fingerprint density at radius 1 is 1.30 bits per heavy atom. The summed E-state index contributed by atoms with van der Waals surface area (Å²) in [5, 5.41) is 15.9. The van der Waals surface area contributed by atoms with Crippen LogP contribution in [0.3, 0.4) is 0 Å². The van der Waals surface area contributed by atoms with E-state index in [1.54, 1.807) is 24.4 Å². The predicted molar refractivity (Wildman–Crippen MR) is 83.2 cm³/mol. The Kier molecular flexibility index (Phi) is 4.83. The fourth-order valence-electron chi connectivity index (χ4n) is 2.55. The third-order valence-corrected chi connectivity index (χ3v) is 4.03. The average molecular weight is 320 g/mol. The van der Waals surface area contributed by atoms with Crippen LogP contribution in [0, 0.1) is 0 Å². The second-order valence-corrected chi connectivity index (χ2v) is 5.48. The van der Waals surface area contributed by atoms with E-state index in [2.05, 4.69) is 10.4 Å². The van der Waals surface area contributed by atoms with Gasteiger partial charge in [-0.1, -0.05) is 19.9 Å². The Bertz CT molecular complexity index is 773. The number of carboxylic acid groups (broad SMARTS) is 1. The molecule has 8 heteroatoms. The zero-order valence-electron chi connectivity index (χ0n) is 13.2. The number of hydrogen-bond acceptors (Lipinski definition) is 4. The number of rotatable bonds is 7. The molecule has 0 aliphatic carbocycles. The molecule has 124 valence electrons. The number of nitrogens with zero attached hydrogens (tertiary/aromatic N) is 3. The summed E-state index contributed by atoms with van der Waals surface area (Å²) in [5.74, 6) is -1.40. The van der Waals surface area contributed by atoms with Crippen LogP contribution >= 0.6 is 0 Å². The van der Waals surface area contributed by atoms with Gasteiger partial charge in [-0.15, -0.1) is 5.10 Å². The van der Waals surface area contributed by atoms with Crippen molar-refractivity contribution in [3.8, 4) is 0 Å². The molecule has 2 rings (SSSR count). The van der Waals surface area contributed by atoms with E-state index >= 15 is 0 Å². The van der Waals surface area contributed by atoms with Crippen LogP contribution in [0.4, 0.5) is 0 Å². The highest BCUT2D eigenvalue weighted by atomic mass is 16.4. The van der Waals surface area contributed by atoms with Crippen LogP contribution in [0.25, 0.3) is 5.65 Å². The molecule has 23 heavy (non-hydrogen) atoms. The van der Waals surface area contributed by atoms with Crippen molar-refractivity contribution < 1.29 is 14.7 Å². The molecule has 0 bridgehead atoms. The number of pyridine rings is 1. The first kappa shape index (κ1) is 16.7. The third kappa shape index (κ3) is 3.58. The predicted octanol–water partition coefficient (Wildman–Crippen LogP) is 0.646. The van der Waals surface area contributed by atoms with Crippen LogP contribution < -0.4 is 11.0 Å². The highest BCUT2D eigenvalue weighted by molar-refractivity contribution is 5.78. The van der Waals surface area contributed by atoms with Crippen molar-refractivity contribution in [2.24, 2.45) is 0 Å². The van der Waals surface area contributed by atoms with E-state index in [0.29, 0.717) is 18.5 Å². The Hall–Kier alpha value is -2.64. The quantitative estimate of drug-likeness (QED) is 0.779. The number of carbonyl (C=O) groups excluding carboxylic acids is 1. The zero-order valence-corrected chi connectivity index (χ0v) is 13.2. The van der Waals surface area contributed by atoms with Crippen LogP contribution in [0.2, 0.25) is 0 Å². The molecule has 8 nitrogen and oxygen atoms in total. The highest BCUT2D eigenvalue weighted by Gasteiger charge is 2.31. The Labute approximate surface area is 132 Å². The van der Waals surface area contributed by atoms with E-state index in [1.165, 1.54) is 4.40 Å². The molecular formula is C15H20N4O4. The lowest BCUT2D eigenvalue weighted by Crippen LogP contribution is -2.50. The monoisotopic (exact) mass is 320 g/mol. The number of fused-ring (bicyclic) bond motifs is 1. The fourth-order valence-corrected chi connectivity index (χ4v) is 2.55. The van der Waals surface area contributed by atoms with Gasteiger partial charge in [0.15, 0.2) is 5.65 Å². The van der Waals surface area contributed by atoms with E-state index in [0.717, 1.165) is 4.68 Å². The molecule has 2 aromatic rings. The van der Waals surface area contributed by atoms with E-state index in [1.807, 2.05) is 13.8 Å². The third-order valence-electron chi connectivity index (χ3n) is 4.03. The molecule has 2 aromatic heterocycles. The number of hydrogen-bond donors (Lipinski definition) is 2. The molecule has 0 aliphatic heterocycles. The molecule has 0 atom stereocenters. The van der Waals surface area contributed by atoms with E-state index in [4.69, 9.17) is 5.11 Å². The van der Waals surface area contributed by atoms with Crippen molar-refractivity contribution in [1.82, 2.24) is 19.5 Å². The summed E-state index contributed by atoms with van der Waals surface area (Å²) in [6.45, 7) is 3.40. The second kappa shape index (κ2) is 6.64. The van der Waals surface area contributed by atoms with E-state index in [-0.39, 0.29) is 13.0 Å². The van der Waals surface area contributed by atoms with Crippen LogP contribution in [-0.2, 0) is 16.1 Å². The average Bonchev–Trinajstić information content (AvgIpc) is 2.82. The molecule has 2 N–H and O–H groups in total. The molecule has 2 heterocycles. The number of aromatic nitrogens is 3. The summed E-state index contributed by atoms with van der Waals surface area (Å²) in [6.07, 6.45) is 2.39. The van der Waals surface area contributed by atoms with E-state index in [9.17, 15) is 14.4 Å². The van der Waals surface area contributed by atoms with Gasteiger partial charge in [0, 0.05) is 6.20 Å². The maximum atomic E-state index is 12.2. The summed E-state index contributed by atoms with van der Waals surface area (Å²) in [5.41, 5.74) is -0.772. The van der Waals surface area contributed by atoms with E-state index < -0.39 is 23.1 Å². The largest absolute Gasteiger partial charge is 0.481 e. The smallest absolute Gasteiger partial charge is 0.350 e. The number of carbonyl (C=O) groups is 2. The maximum absolute atomic E-state index is 12.2. The molecule has 0 unspecified atom stereocenters. The van der Waals surface area contributed by atoms with Crippen LogP contribution in [0.5, 0.6) is 0 Å². The summed E-state index contributed by atoms with van der Waals surface area (Å²) in [6, 6.07) is 5.12. The van der Waals surface area contributed by atoms with Gasteiger partial charge in [-0.05, 0) is 25.0 Å². The number of carboxylic acids is 1. The summed E-state index contributed by atoms with van der Waals surface area (Å²) < 4.78 is 2.42. The van der Waals surface area contributed by atoms with Crippen molar-refractivity contribution in [2.75, 3.05) is 0 Å². The zero-order chi connectivity index (χ0) is 17.0. The minimum absolute atomic E-state index is 0.161. The lowest BCUT2D eigenvalue weighted by Gasteiger charge is -2.31. The first-order valence-electron chi connectivity index (χ1n) is 7.48. The fraction of sp³-hybridized carbons (Fsp3) is 0.467. The Morgan fingerprint density at radius 2 is 2.00 bits per heavy atom. The lowest BCUT2D eigenvalue weighted by atomic mass is 9.89. The van der Waals surface area contributed by atoms with Gasteiger partial charge >= 0.3 is 11.7 Å². The van der Waals surface area contributed by atoms with Crippen molar-refractivity contribution in [1.29, 1.82) is 0 Å². The first-order valence-corrected chi connectivity index (χ1v) is 7.48. The minimum atomic E-state index is -0.973. The van der Waals surface area contributed by atoms with Gasteiger partial charge in [0.05, 0.1) is 12.0 Å². The Morgan fingerprint density at radius 3 is 2.57 bits per heavy atom. The highest BCUT2D eigenvalue weighted by Crippen LogP contribution is 2.19. The molecule has 0 saturated carbocycles. The molecule has 0 aliphatic rings. The molecule has 0 saturated heterocycles. The molecular weight excluding hydrogens is 300 g/mol. The first-order chi connectivity index (χ1) is 10.9. The molecule has 0 fully saturated rings. The van der Waals surface area contributed by atoms with Gasteiger partial charge in [-0.25, -0.2) is 9.48 Å². The van der Waals surface area contributed by atoms with Crippen molar-refractivity contribution >= 4 is 17.5 Å². The van der Waals surface area contributed by atoms with Gasteiger partial charge in [-0.2, -0.15) is 0 Å². The van der Waals surface area contributed by atoms with Gasteiger partial charge in [0.1, 0.15) is 6.54 Å². The number of aliphatic carboxylic acids is 1. The van der Waals surface area contributed by atoms with Crippen LogP contribution in [-0.4, -0.2) is 36.7 Å². The van der Waals surface area contributed by atoms with Crippen molar-refractivity contribution in [3.63, 3.8) is 0 Å². The molecule has 0 spiro atoms. The molecule has 1 amide bonds. The minimum Gasteiger partial charge on any atom is -0.481 e. The Balaban J connectivity index is 2.18. The van der Waals surface area contributed by atoms with Crippen LogP contribution in [0.1, 0.15) is 33.1 Å². The summed E-state index contributed by atoms with van der Waals surface area (Å²) in [4.78, 5) is 35.4. The van der Waals surface area contributed by atoms with Gasteiger partial charge in [-0.3, -0.25) is 14.0 Å². The molecule has 0 radical (unpaired) electrons. The molecule has 0 aromatic carbocycles. The number of amides is 1. The van der Waals surface area contributed by atoms with Crippen molar-refractivity contribution in [3.05, 3.63) is 34.9 Å². The van der Waals surface area contributed by atoms with Gasteiger partial charge < -0.3 is 10.4 Å². The van der Waals surface area contributed by atoms with Gasteiger partial charge in [0.2, 0.25) is 5.91 Å². The SMILES string of the molecule is CCC(CC)(CC(=O)O)NC(=O)Cn1nc2ccccn2c1=O. The standard InChI is InChI=1S/C15H20N4O4/c1-3-15(4-2,9-13(21)22)16-12(20)10-19-14(23)18-8-6-5-7-11(18)17-19/h5-8H,3-4,9-10H2,1-2H3,(H,16,20)(H,21,22). The van der Waals surface area contributed by atoms with Gasteiger partial charge in [0.25, 0.3) is 0 Å². The topological polar surface area (TPSA) is 106 Å². The van der Waals surface area contributed by atoms with Crippen LogP contribution in [0.15, 0.2) is 29.2 Å². The maximum Gasteiger partial charge on any atom is 0.350 e. The lowest BCUT2D eigenvalue weighted by molar-refractivity contribution is -0.139.